The predicted molar refractivity (Wildman–Crippen MR) is 65.4 cm³/mol. The summed E-state index contributed by atoms with van der Waals surface area (Å²) in [6.45, 7) is 3.38. The smallest absolute Gasteiger partial charge is 0.142 e. The molecule has 86 valence electrons. The van der Waals surface area contributed by atoms with Gasteiger partial charge in [0.05, 0.1) is 12.8 Å². The van der Waals surface area contributed by atoms with Gasteiger partial charge in [0.1, 0.15) is 5.75 Å². The topological polar surface area (TPSA) is 24.5 Å². The molecule has 0 aliphatic carbocycles. The van der Waals surface area contributed by atoms with Crippen LogP contribution in [0.5, 0.6) is 5.75 Å². The van der Waals surface area contributed by atoms with Crippen LogP contribution in [-0.4, -0.2) is 33.8 Å². The fraction of sp³-hybridized carbons (Fsp3) is 0.538. The number of para-hydroxylation sites is 1. The van der Waals surface area contributed by atoms with E-state index in [2.05, 4.69) is 35.5 Å². The van der Waals surface area contributed by atoms with Gasteiger partial charge >= 0.3 is 0 Å². The minimum Gasteiger partial charge on any atom is -0.495 e. The molecule has 1 fully saturated rings. The van der Waals surface area contributed by atoms with E-state index in [0.717, 1.165) is 31.3 Å². The van der Waals surface area contributed by atoms with Gasteiger partial charge in [-0.3, -0.25) is 0 Å². The Balaban J connectivity index is 2.12. The number of fused-ring (bicyclic) bond motifs is 3. The maximum Gasteiger partial charge on any atom is 0.142 e. The van der Waals surface area contributed by atoms with Crippen molar-refractivity contribution >= 4 is 5.69 Å². The average Bonchev–Trinajstić information content (AvgIpc) is 2.76. The number of ether oxygens (including phenoxy) is 1. The summed E-state index contributed by atoms with van der Waals surface area (Å²) in [5.41, 5.74) is 2.73. The zero-order chi connectivity index (χ0) is 11.1. The van der Waals surface area contributed by atoms with Gasteiger partial charge in [-0.1, -0.05) is 12.1 Å². The van der Waals surface area contributed by atoms with E-state index in [1.165, 1.54) is 11.3 Å². The Kier molecular flexibility index (Phi) is 2.28. The number of rotatable bonds is 1. The lowest BCUT2D eigenvalue weighted by molar-refractivity contribution is 0.407. The van der Waals surface area contributed by atoms with Gasteiger partial charge in [-0.05, 0) is 17.5 Å². The number of benzene rings is 1. The van der Waals surface area contributed by atoms with Crippen LogP contribution in [0, 0.1) is 5.92 Å². The molecule has 0 amide bonds. The second kappa shape index (κ2) is 3.67. The Morgan fingerprint density at radius 2 is 2.25 bits per heavy atom. The van der Waals surface area contributed by atoms with Gasteiger partial charge in [0, 0.05) is 32.6 Å². The van der Waals surface area contributed by atoms with Crippen LogP contribution in [-0.2, 0) is 0 Å². The van der Waals surface area contributed by atoms with Crippen LogP contribution in [0.1, 0.15) is 11.5 Å². The van der Waals surface area contributed by atoms with Gasteiger partial charge in [-0.15, -0.1) is 0 Å². The summed E-state index contributed by atoms with van der Waals surface area (Å²) in [5, 5.41) is 3.50. The summed E-state index contributed by atoms with van der Waals surface area (Å²) in [6, 6.07) is 6.41. The minimum absolute atomic E-state index is 0.668. The van der Waals surface area contributed by atoms with Crippen LogP contribution in [0.25, 0.3) is 0 Å². The molecule has 16 heavy (non-hydrogen) atoms. The summed E-state index contributed by atoms with van der Waals surface area (Å²) in [4.78, 5) is 2.34. The molecule has 1 aromatic carbocycles. The van der Waals surface area contributed by atoms with Crippen LogP contribution in [0.3, 0.4) is 0 Å². The molecule has 2 aliphatic rings. The number of hydrogen-bond acceptors (Lipinski definition) is 3. The summed E-state index contributed by atoms with van der Waals surface area (Å²) >= 11 is 0. The van der Waals surface area contributed by atoms with Crippen LogP contribution >= 0.6 is 0 Å². The van der Waals surface area contributed by atoms with Gasteiger partial charge in [0.2, 0.25) is 0 Å². The minimum atomic E-state index is 0.668. The maximum atomic E-state index is 5.47. The molecule has 1 aromatic rings. The first-order valence-electron chi connectivity index (χ1n) is 5.90. The van der Waals surface area contributed by atoms with Crippen molar-refractivity contribution < 1.29 is 4.74 Å². The Bertz CT molecular complexity index is 405. The molecule has 0 aromatic heterocycles. The first-order valence-corrected chi connectivity index (χ1v) is 5.90. The fourth-order valence-electron chi connectivity index (χ4n) is 3.14. The number of nitrogens with zero attached hydrogens (tertiary/aromatic N) is 1. The highest BCUT2D eigenvalue weighted by Crippen LogP contribution is 2.44. The highest BCUT2D eigenvalue weighted by Gasteiger charge is 2.36. The molecule has 2 atom stereocenters. The molecule has 0 radical (unpaired) electrons. The third kappa shape index (κ3) is 1.31. The summed E-state index contributed by atoms with van der Waals surface area (Å²) in [5.74, 6) is 2.43. The van der Waals surface area contributed by atoms with E-state index >= 15 is 0 Å². The molecule has 0 unspecified atom stereocenters. The fourth-order valence-corrected chi connectivity index (χ4v) is 3.14. The number of methoxy groups -OCH3 is 1. The van der Waals surface area contributed by atoms with E-state index in [9.17, 15) is 0 Å². The Labute approximate surface area is 96.4 Å². The van der Waals surface area contributed by atoms with E-state index in [1.807, 2.05) is 0 Å². The Hall–Kier alpha value is -1.22. The van der Waals surface area contributed by atoms with Crippen molar-refractivity contribution in [1.29, 1.82) is 0 Å². The highest BCUT2D eigenvalue weighted by atomic mass is 16.5. The molecule has 0 spiro atoms. The first-order chi connectivity index (χ1) is 7.81. The summed E-state index contributed by atoms with van der Waals surface area (Å²) in [7, 11) is 3.92. The first kappa shape index (κ1) is 9.97. The molecule has 1 N–H and O–H groups in total. The Morgan fingerprint density at radius 1 is 1.38 bits per heavy atom. The van der Waals surface area contributed by atoms with Crippen molar-refractivity contribution in [3.8, 4) is 5.75 Å². The largest absolute Gasteiger partial charge is 0.495 e. The molecule has 2 aliphatic heterocycles. The SMILES string of the molecule is COc1cccc2c1N(C)C[C@@H]1CNC[C@H]21. The van der Waals surface area contributed by atoms with Crippen molar-refractivity contribution in [1.82, 2.24) is 5.32 Å². The van der Waals surface area contributed by atoms with Crippen molar-refractivity contribution in [2.45, 2.75) is 5.92 Å². The van der Waals surface area contributed by atoms with Crippen molar-refractivity contribution in [3.63, 3.8) is 0 Å². The van der Waals surface area contributed by atoms with E-state index in [1.54, 1.807) is 7.11 Å². The third-order valence-corrected chi connectivity index (χ3v) is 3.88. The molecule has 3 heteroatoms. The normalized spacial score (nSPS) is 27.5. The number of nitrogens with one attached hydrogen (secondary N) is 1. The lowest BCUT2D eigenvalue weighted by Crippen LogP contribution is -2.35. The third-order valence-electron chi connectivity index (χ3n) is 3.88. The van der Waals surface area contributed by atoms with E-state index in [-0.39, 0.29) is 0 Å². The summed E-state index contributed by atoms with van der Waals surface area (Å²) < 4.78 is 5.47. The molecular formula is C13H18N2O. The Morgan fingerprint density at radius 3 is 3.06 bits per heavy atom. The molecule has 2 heterocycles. The summed E-state index contributed by atoms with van der Waals surface area (Å²) in [6.07, 6.45) is 0. The number of hydrogen-bond donors (Lipinski definition) is 1. The van der Waals surface area contributed by atoms with E-state index < -0.39 is 0 Å². The average molecular weight is 218 g/mol. The predicted octanol–water partition coefficient (Wildman–Crippen LogP) is 1.45. The van der Waals surface area contributed by atoms with E-state index in [0.29, 0.717) is 5.92 Å². The van der Waals surface area contributed by atoms with Crippen LogP contribution in [0.2, 0.25) is 0 Å². The molecular weight excluding hydrogens is 200 g/mol. The van der Waals surface area contributed by atoms with Gasteiger partial charge < -0.3 is 15.0 Å². The zero-order valence-corrected chi connectivity index (χ0v) is 9.86. The monoisotopic (exact) mass is 218 g/mol. The number of anilines is 1. The molecule has 0 bridgehead atoms. The maximum absolute atomic E-state index is 5.47. The van der Waals surface area contributed by atoms with Crippen LogP contribution in [0.15, 0.2) is 18.2 Å². The van der Waals surface area contributed by atoms with Gasteiger partial charge in [0.15, 0.2) is 0 Å². The van der Waals surface area contributed by atoms with E-state index in [4.69, 9.17) is 4.74 Å². The van der Waals surface area contributed by atoms with Crippen LogP contribution in [0.4, 0.5) is 5.69 Å². The molecule has 1 saturated heterocycles. The van der Waals surface area contributed by atoms with Gasteiger partial charge in [-0.2, -0.15) is 0 Å². The molecule has 0 saturated carbocycles. The second-order valence-corrected chi connectivity index (χ2v) is 4.80. The molecule has 3 nitrogen and oxygen atoms in total. The zero-order valence-electron chi connectivity index (χ0n) is 9.86. The quantitative estimate of drug-likeness (QED) is 0.772. The molecule has 3 rings (SSSR count). The second-order valence-electron chi connectivity index (χ2n) is 4.80. The van der Waals surface area contributed by atoms with Crippen molar-refractivity contribution in [3.05, 3.63) is 23.8 Å². The van der Waals surface area contributed by atoms with Gasteiger partial charge in [-0.25, -0.2) is 0 Å². The lowest BCUT2D eigenvalue weighted by Gasteiger charge is -2.36. The standard InChI is InChI=1S/C13H18N2O/c1-15-8-9-6-14-7-11(9)10-4-3-5-12(16-2)13(10)15/h3-5,9,11,14H,6-8H2,1-2H3/t9-,11-/m0/s1. The van der Waals surface area contributed by atoms with Crippen molar-refractivity contribution in [2.24, 2.45) is 5.92 Å². The highest BCUT2D eigenvalue weighted by molar-refractivity contribution is 5.66. The lowest BCUT2D eigenvalue weighted by atomic mass is 9.84. The van der Waals surface area contributed by atoms with Crippen molar-refractivity contribution in [2.75, 3.05) is 38.7 Å². The van der Waals surface area contributed by atoms with Gasteiger partial charge in [0.25, 0.3) is 0 Å². The van der Waals surface area contributed by atoms with Crippen LogP contribution < -0.4 is 15.0 Å².